The minimum atomic E-state index is -4.76. The molecule has 0 bridgehead atoms. The number of anilines is 1. The van der Waals surface area contributed by atoms with Gasteiger partial charge < -0.3 is 25.7 Å². The lowest BCUT2D eigenvalue weighted by atomic mass is 10.2. The predicted octanol–water partition coefficient (Wildman–Crippen LogP) is 3.66. The lowest BCUT2D eigenvalue weighted by molar-refractivity contribution is -0.136. The summed E-state index contributed by atoms with van der Waals surface area (Å²) in [6.45, 7) is 0.387. The van der Waals surface area contributed by atoms with E-state index in [1.165, 1.54) is 0 Å². The number of fused-ring (bicyclic) bond motifs is 1. The van der Waals surface area contributed by atoms with E-state index in [0.29, 0.717) is 19.2 Å². The van der Waals surface area contributed by atoms with Crippen LogP contribution in [0.3, 0.4) is 0 Å². The molecule has 3 amide bonds. The highest BCUT2D eigenvalue weighted by Crippen LogP contribution is 2.40. The van der Waals surface area contributed by atoms with Crippen molar-refractivity contribution < 1.29 is 36.3 Å². The summed E-state index contributed by atoms with van der Waals surface area (Å²) in [6, 6.07) is 0.860. The minimum absolute atomic E-state index is 0.179. The zero-order valence-electron chi connectivity index (χ0n) is 15.9. The van der Waals surface area contributed by atoms with Crippen LogP contribution in [-0.2, 0) is 11.0 Å². The monoisotopic (exact) mass is 455 g/mol. The number of hydrogen-bond acceptors (Lipinski definition) is 4. The number of amides is 3. The maximum atomic E-state index is 14.5. The molecule has 32 heavy (non-hydrogen) atoms. The average Bonchev–Trinajstić information content (AvgIpc) is 3.31. The van der Waals surface area contributed by atoms with E-state index in [4.69, 9.17) is 4.74 Å². The number of alkyl halides is 3. The Morgan fingerprint density at radius 3 is 2.56 bits per heavy atom. The van der Waals surface area contributed by atoms with Crippen LogP contribution in [0.5, 0.6) is 11.5 Å². The number of rotatable bonds is 4. The second kappa shape index (κ2) is 7.98. The molecule has 3 aromatic rings. The van der Waals surface area contributed by atoms with Gasteiger partial charge in [0.05, 0.1) is 10.9 Å². The molecule has 1 atom stereocenters. The molecule has 0 spiro atoms. The fourth-order valence-corrected chi connectivity index (χ4v) is 3.23. The Morgan fingerprint density at radius 2 is 1.94 bits per heavy atom. The van der Waals surface area contributed by atoms with Crippen molar-refractivity contribution in [3.05, 3.63) is 47.8 Å². The number of hydrogen-bond donors (Lipinski definition) is 4. The lowest BCUT2D eigenvalue weighted by Gasteiger charge is -2.14. The molecular formula is C19H14F5N5O3. The number of aromatic nitrogens is 2. The fraction of sp³-hybridized carbons (Fsp3) is 0.211. The highest BCUT2D eigenvalue weighted by atomic mass is 19.4. The van der Waals surface area contributed by atoms with Gasteiger partial charge in [-0.1, -0.05) is 0 Å². The molecule has 1 aliphatic heterocycles. The number of carbonyl (C=O) groups excluding carboxylic acids is 2. The third kappa shape index (κ3) is 4.13. The van der Waals surface area contributed by atoms with Gasteiger partial charge in [0.25, 0.3) is 0 Å². The van der Waals surface area contributed by atoms with E-state index in [0.717, 1.165) is 24.4 Å². The molecule has 2 aromatic heterocycles. The van der Waals surface area contributed by atoms with Crippen LogP contribution in [-0.4, -0.2) is 34.5 Å². The van der Waals surface area contributed by atoms with E-state index >= 15 is 0 Å². The molecule has 8 nitrogen and oxygen atoms in total. The van der Waals surface area contributed by atoms with Gasteiger partial charge >= 0.3 is 12.2 Å². The van der Waals surface area contributed by atoms with Gasteiger partial charge in [-0.25, -0.2) is 18.6 Å². The SMILES string of the molecule is O=C(Nc1cc(F)c(Oc2ccnc3[nH]cc(C(F)(F)F)c23)c(F)c1)NC1CCNC1=O. The molecule has 13 heteroatoms. The number of ether oxygens (including phenoxy) is 1. The first kappa shape index (κ1) is 21.3. The van der Waals surface area contributed by atoms with Gasteiger partial charge in [-0.2, -0.15) is 13.2 Å². The summed E-state index contributed by atoms with van der Waals surface area (Å²) in [5, 5.41) is 6.57. The van der Waals surface area contributed by atoms with E-state index in [-0.39, 0.29) is 17.2 Å². The Hall–Kier alpha value is -3.90. The predicted molar refractivity (Wildman–Crippen MR) is 101 cm³/mol. The molecular weight excluding hydrogens is 441 g/mol. The number of pyridine rings is 1. The van der Waals surface area contributed by atoms with Crippen LogP contribution in [0.15, 0.2) is 30.6 Å². The van der Waals surface area contributed by atoms with E-state index in [9.17, 15) is 31.5 Å². The summed E-state index contributed by atoms with van der Waals surface area (Å²) in [6.07, 6.45) is -2.61. The van der Waals surface area contributed by atoms with Gasteiger partial charge in [0.1, 0.15) is 17.4 Å². The van der Waals surface area contributed by atoms with Crippen LogP contribution < -0.4 is 20.7 Å². The Balaban J connectivity index is 1.58. The number of carbonyl (C=O) groups is 2. The molecule has 0 aliphatic carbocycles. The first-order chi connectivity index (χ1) is 15.1. The van der Waals surface area contributed by atoms with Crippen molar-refractivity contribution >= 4 is 28.7 Å². The van der Waals surface area contributed by atoms with Crippen LogP contribution in [0.25, 0.3) is 11.0 Å². The van der Waals surface area contributed by atoms with Crippen molar-refractivity contribution in [2.24, 2.45) is 0 Å². The minimum Gasteiger partial charge on any atom is -0.450 e. The molecule has 0 saturated carbocycles. The van der Waals surface area contributed by atoms with Gasteiger partial charge in [0, 0.05) is 36.8 Å². The molecule has 3 heterocycles. The van der Waals surface area contributed by atoms with Crippen molar-refractivity contribution in [1.29, 1.82) is 0 Å². The maximum Gasteiger partial charge on any atom is 0.418 e. The summed E-state index contributed by atoms with van der Waals surface area (Å²) in [5.74, 6) is -4.35. The first-order valence-electron chi connectivity index (χ1n) is 9.19. The Labute approximate surface area is 176 Å². The largest absolute Gasteiger partial charge is 0.450 e. The Kier molecular flexibility index (Phi) is 5.32. The van der Waals surface area contributed by atoms with Crippen molar-refractivity contribution in [2.45, 2.75) is 18.6 Å². The van der Waals surface area contributed by atoms with Gasteiger partial charge in [-0.15, -0.1) is 0 Å². The van der Waals surface area contributed by atoms with E-state index < -0.39 is 52.3 Å². The van der Waals surface area contributed by atoms with Gasteiger partial charge in [0.15, 0.2) is 17.4 Å². The number of urea groups is 1. The Bertz CT molecular complexity index is 1190. The van der Waals surface area contributed by atoms with Crippen molar-refractivity contribution in [2.75, 3.05) is 11.9 Å². The Morgan fingerprint density at radius 1 is 1.22 bits per heavy atom. The van der Waals surface area contributed by atoms with Crippen LogP contribution in [0.2, 0.25) is 0 Å². The number of H-pyrrole nitrogens is 1. The fourth-order valence-electron chi connectivity index (χ4n) is 3.23. The molecule has 1 fully saturated rings. The van der Waals surface area contributed by atoms with E-state index in [2.05, 4.69) is 25.9 Å². The normalized spacial score (nSPS) is 16.2. The highest BCUT2D eigenvalue weighted by Gasteiger charge is 2.35. The average molecular weight is 455 g/mol. The molecule has 1 aromatic carbocycles. The summed E-state index contributed by atoms with van der Waals surface area (Å²) in [5.41, 5.74) is -1.58. The van der Waals surface area contributed by atoms with Crippen molar-refractivity contribution in [1.82, 2.24) is 20.6 Å². The maximum absolute atomic E-state index is 14.5. The third-order valence-corrected chi connectivity index (χ3v) is 4.66. The van der Waals surface area contributed by atoms with Crippen LogP contribution in [0.1, 0.15) is 12.0 Å². The topological polar surface area (TPSA) is 108 Å². The molecule has 1 aliphatic rings. The molecule has 0 radical (unpaired) electrons. The number of benzene rings is 1. The van der Waals surface area contributed by atoms with Gasteiger partial charge in [-0.3, -0.25) is 4.79 Å². The van der Waals surface area contributed by atoms with E-state index in [1.54, 1.807) is 0 Å². The molecule has 168 valence electrons. The van der Waals surface area contributed by atoms with Gasteiger partial charge in [0.2, 0.25) is 5.91 Å². The summed E-state index contributed by atoms with van der Waals surface area (Å²) in [4.78, 5) is 29.5. The number of halogens is 5. The smallest absolute Gasteiger partial charge is 0.418 e. The van der Waals surface area contributed by atoms with Crippen molar-refractivity contribution in [3.8, 4) is 11.5 Å². The third-order valence-electron chi connectivity index (χ3n) is 4.66. The lowest BCUT2D eigenvalue weighted by Crippen LogP contribution is -2.42. The van der Waals surface area contributed by atoms with Crippen molar-refractivity contribution in [3.63, 3.8) is 0 Å². The number of nitrogens with one attached hydrogen (secondary N) is 4. The van der Waals surface area contributed by atoms with Gasteiger partial charge in [-0.05, 0) is 12.5 Å². The summed E-state index contributed by atoms with van der Waals surface area (Å²) >= 11 is 0. The zero-order valence-corrected chi connectivity index (χ0v) is 15.9. The number of nitrogens with zero attached hydrogens (tertiary/aromatic N) is 1. The quantitative estimate of drug-likeness (QED) is 0.451. The van der Waals surface area contributed by atoms with E-state index in [1.807, 2.05) is 0 Å². The highest BCUT2D eigenvalue weighted by molar-refractivity contribution is 5.94. The first-order valence-corrected chi connectivity index (χ1v) is 9.19. The summed E-state index contributed by atoms with van der Waals surface area (Å²) in [7, 11) is 0. The second-order valence-electron chi connectivity index (χ2n) is 6.83. The molecule has 4 N–H and O–H groups in total. The molecule has 1 saturated heterocycles. The second-order valence-corrected chi connectivity index (χ2v) is 6.83. The molecule has 1 unspecified atom stereocenters. The van der Waals surface area contributed by atoms with Crippen LogP contribution in [0.4, 0.5) is 32.4 Å². The number of aromatic amines is 1. The standard InChI is InChI=1S/C19H14F5N5O3/c20-10-5-8(28-18(31)29-12-1-3-26-17(12)30)6-11(21)15(10)32-13-2-4-25-16-14(13)9(7-27-16)19(22,23)24/h2,4-7,12H,1,3H2,(H,25,27)(H,26,30)(H2,28,29,31). The van der Waals surface area contributed by atoms with Crippen LogP contribution in [0, 0.1) is 11.6 Å². The summed E-state index contributed by atoms with van der Waals surface area (Å²) < 4.78 is 73.9. The zero-order chi connectivity index (χ0) is 23.0. The molecule has 4 rings (SSSR count). The van der Waals surface area contributed by atoms with Crippen LogP contribution >= 0.6 is 0 Å².